The summed E-state index contributed by atoms with van der Waals surface area (Å²) in [6.45, 7) is 4.26. The number of anilines is 1. The van der Waals surface area contributed by atoms with Crippen molar-refractivity contribution >= 4 is 5.69 Å². The van der Waals surface area contributed by atoms with Crippen molar-refractivity contribution in [2.75, 3.05) is 24.5 Å². The number of hydrogen-bond acceptors (Lipinski definition) is 3. The smallest absolute Gasteiger partial charge is 0.0613 e. The van der Waals surface area contributed by atoms with Gasteiger partial charge in [-0.15, -0.1) is 0 Å². The van der Waals surface area contributed by atoms with Gasteiger partial charge in [-0.05, 0) is 29.9 Å². The molecule has 3 nitrogen and oxygen atoms in total. The monoisotopic (exact) mass is 244 g/mol. The zero-order valence-corrected chi connectivity index (χ0v) is 10.6. The van der Waals surface area contributed by atoms with Crippen molar-refractivity contribution in [2.45, 2.75) is 31.4 Å². The summed E-state index contributed by atoms with van der Waals surface area (Å²) >= 11 is 0. The van der Waals surface area contributed by atoms with E-state index in [0.29, 0.717) is 11.8 Å². The molecule has 0 aromatic heterocycles. The first-order valence-electron chi connectivity index (χ1n) is 7.10. The molecule has 0 saturated heterocycles. The number of nitrogens with zero attached hydrogens (tertiary/aromatic N) is 1. The standard InChI is InChI=1S/C15H20N2O/c18-13-5-4-11-9-17-7-6-16-8-10-2-1-3-12(14(11)13)15(10)17/h1-3,11,13-14,16,18H,4-9H2/t11?,13?,14-/m0/s1. The summed E-state index contributed by atoms with van der Waals surface area (Å²) in [5.41, 5.74) is 4.23. The lowest BCUT2D eigenvalue weighted by molar-refractivity contribution is 0.153. The Hall–Kier alpha value is -1.06. The van der Waals surface area contributed by atoms with Gasteiger partial charge in [-0.2, -0.15) is 0 Å². The van der Waals surface area contributed by atoms with E-state index in [0.717, 1.165) is 32.6 Å². The number of para-hydroxylation sites is 1. The van der Waals surface area contributed by atoms with Crippen LogP contribution in [-0.4, -0.2) is 30.8 Å². The Bertz CT molecular complexity index is 474. The molecule has 2 heterocycles. The first-order chi connectivity index (χ1) is 8.84. The van der Waals surface area contributed by atoms with Crippen LogP contribution in [-0.2, 0) is 6.54 Å². The number of aliphatic hydroxyl groups is 1. The summed E-state index contributed by atoms with van der Waals surface area (Å²) in [5.74, 6) is 1.04. The largest absolute Gasteiger partial charge is 0.392 e. The first-order valence-corrected chi connectivity index (χ1v) is 7.10. The second kappa shape index (κ2) is 3.97. The van der Waals surface area contributed by atoms with Gasteiger partial charge < -0.3 is 15.3 Å². The maximum atomic E-state index is 10.3. The first kappa shape index (κ1) is 10.8. The van der Waals surface area contributed by atoms with E-state index in [2.05, 4.69) is 28.4 Å². The van der Waals surface area contributed by atoms with Crippen LogP contribution in [0.2, 0.25) is 0 Å². The van der Waals surface area contributed by atoms with Gasteiger partial charge in [0.15, 0.2) is 0 Å². The molecular weight excluding hydrogens is 224 g/mol. The maximum Gasteiger partial charge on any atom is 0.0613 e. The van der Waals surface area contributed by atoms with Gasteiger partial charge in [0.25, 0.3) is 0 Å². The van der Waals surface area contributed by atoms with Crippen molar-refractivity contribution in [3.05, 3.63) is 29.3 Å². The highest BCUT2D eigenvalue weighted by molar-refractivity contribution is 5.64. The van der Waals surface area contributed by atoms with Crippen molar-refractivity contribution in [2.24, 2.45) is 5.92 Å². The molecular formula is C15H20N2O. The van der Waals surface area contributed by atoms with Crippen LogP contribution in [0.3, 0.4) is 0 Å². The van der Waals surface area contributed by atoms with Gasteiger partial charge in [0, 0.05) is 37.8 Å². The van der Waals surface area contributed by atoms with Gasteiger partial charge >= 0.3 is 0 Å². The molecule has 1 saturated carbocycles. The van der Waals surface area contributed by atoms with Gasteiger partial charge in [0.2, 0.25) is 0 Å². The van der Waals surface area contributed by atoms with E-state index in [1.807, 2.05) is 0 Å². The second-order valence-electron chi connectivity index (χ2n) is 5.91. The molecule has 1 aromatic rings. The lowest BCUT2D eigenvalue weighted by Crippen LogP contribution is -2.39. The van der Waals surface area contributed by atoms with E-state index < -0.39 is 0 Å². The third-order valence-corrected chi connectivity index (χ3v) is 4.91. The molecule has 1 aromatic carbocycles. The summed E-state index contributed by atoms with van der Waals surface area (Å²) in [4.78, 5) is 2.55. The van der Waals surface area contributed by atoms with E-state index >= 15 is 0 Å². The fourth-order valence-electron chi connectivity index (χ4n) is 4.15. The quantitative estimate of drug-likeness (QED) is 0.725. The minimum atomic E-state index is -0.125. The third-order valence-electron chi connectivity index (χ3n) is 4.91. The summed E-state index contributed by atoms with van der Waals surface area (Å²) in [6.07, 6.45) is 2.03. The topological polar surface area (TPSA) is 35.5 Å². The molecule has 3 aliphatic rings. The Kier molecular flexibility index (Phi) is 2.39. The van der Waals surface area contributed by atoms with Crippen molar-refractivity contribution in [3.8, 4) is 0 Å². The minimum absolute atomic E-state index is 0.125. The van der Waals surface area contributed by atoms with Crippen LogP contribution in [0.15, 0.2) is 18.2 Å². The van der Waals surface area contributed by atoms with E-state index in [9.17, 15) is 5.11 Å². The SMILES string of the molecule is OC1CCC2CN3CCNCc4cccc(c43)[C@@H]12. The van der Waals surface area contributed by atoms with E-state index in [-0.39, 0.29) is 6.10 Å². The summed E-state index contributed by atoms with van der Waals surface area (Å²) in [6, 6.07) is 6.63. The molecule has 2 N–H and O–H groups in total. The zero-order valence-electron chi connectivity index (χ0n) is 10.6. The van der Waals surface area contributed by atoms with Crippen LogP contribution >= 0.6 is 0 Å². The van der Waals surface area contributed by atoms with Crippen LogP contribution in [0, 0.1) is 5.92 Å². The molecule has 0 amide bonds. The predicted octanol–water partition coefficient (Wildman–Crippen LogP) is 1.46. The van der Waals surface area contributed by atoms with Crippen LogP contribution in [0.5, 0.6) is 0 Å². The molecule has 0 radical (unpaired) electrons. The van der Waals surface area contributed by atoms with Crippen molar-refractivity contribution in [1.29, 1.82) is 0 Å². The van der Waals surface area contributed by atoms with Gasteiger partial charge in [0.1, 0.15) is 0 Å². The number of nitrogens with one attached hydrogen (secondary N) is 1. The van der Waals surface area contributed by atoms with E-state index in [4.69, 9.17) is 0 Å². The maximum absolute atomic E-state index is 10.3. The van der Waals surface area contributed by atoms with E-state index in [1.54, 1.807) is 0 Å². The molecule has 3 atom stereocenters. The van der Waals surface area contributed by atoms with Gasteiger partial charge in [-0.25, -0.2) is 0 Å². The molecule has 2 unspecified atom stereocenters. The highest BCUT2D eigenvalue weighted by Crippen LogP contribution is 2.48. The number of rotatable bonds is 0. The van der Waals surface area contributed by atoms with Crippen LogP contribution in [0.4, 0.5) is 5.69 Å². The Morgan fingerprint density at radius 1 is 1.28 bits per heavy atom. The molecule has 2 aliphatic heterocycles. The van der Waals surface area contributed by atoms with Crippen molar-refractivity contribution in [3.63, 3.8) is 0 Å². The highest BCUT2D eigenvalue weighted by atomic mass is 16.3. The fourth-order valence-corrected chi connectivity index (χ4v) is 4.15. The molecule has 3 heteroatoms. The molecule has 0 bridgehead atoms. The zero-order chi connectivity index (χ0) is 12.1. The lowest BCUT2D eigenvalue weighted by Gasteiger charge is -2.39. The Labute approximate surface area is 108 Å². The Morgan fingerprint density at radius 2 is 2.22 bits per heavy atom. The summed E-state index contributed by atoms with van der Waals surface area (Å²) < 4.78 is 0. The summed E-state index contributed by atoms with van der Waals surface area (Å²) in [7, 11) is 0. The summed E-state index contributed by atoms with van der Waals surface area (Å²) in [5, 5.41) is 13.8. The lowest BCUT2D eigenvalue weighted by atomic mass is 9.81. The average Bonchev–Trinajstić information content (AvgIpc) is 2.63. The van der Waals surface area contributed by atoms with Crippen LogP contribution in [0.1, 0.15) is 29.9 Å². The Morgan fingerprint density at radius 3 is 3.17 bits per heavy atom. The number of fused-ring (bicyclic) bond motifs is 2. The van der Waals surface area contributed by atoms with Crippen molar-refractivity contribution < 1.29 is 5.11 Å². The second-order valence-corrected chi connectivity index (χ2v) is 5.91. The van der Waals surface area contributed by atoms with Gasteiger partial charge in [0.05, 0.1) is 6.10 Å². The van der Waals surface area contributed by atoms with Crippen LogP contribution in [0.25, 0.3) is 0 Å². The van der Waals surface area contributed by atoms with Gasteiger partial charge in [-0.1, -0.05) is 18.2 Å². The normalized spacial score (nSPS) is 33.8. The van der Waals surface area contributed by atoms with Crippen molar-refractivity contribution in [1.82, 2.24) is 5.32 Å². The molecule has 1 fully saturated rings. The molecule has 0 spiro atoms. The number of aliphatic hydroxyl groups excluding tert-OH is 1. The number of benzene rings is 1. The minimum Gasteiger partial charge on any atom is -0.392 e. The average molecular weight is 244 g/mol. The Balaban J connectivity index is 1.88. The molecule has 4 rings (SSSR count). The number of hydrogen-bond donors (Lipinski definition) is 2. The molecule has 1 aliphatic carbocycles. The van der Waals surface area contributed by atoms with E-state index in [1.165, 1.54) is 23.2 Å². The van der Waals surface area contributed by atoms with Gasteiger partial charge in [-0.3, -0.25) is 0 Å². The van der Waals surface area contributed by atoms with Crippen LogP contribution < -0.4 is 10.2 Å². The fraction of sp³-hybridized carbons (Fsp3) is 0.600. The molecule has 96 valence electrons. The highest BCUT2D eigenvalue weighted by Gasteiger charge is 2.42. The molecule has 18 heavy (non-hydrogen) atoms. The predicted molar refractivity (Wildman–Crippen MR) is 71.8 cm³/mol. The third kappa shape index (κ3) is 1.44.